The third kappa shape index (κ3) is 3.36. The highest BCUT2D eigenvalue weighted by atomic mass is 35.5. The van der Waals surface area contributed by atoms with Gasteiger partial charge >= 0.3 is 6.03 Å². The molecule has 3 fully saturated rings. The second-order valence-corrected chi connectivity index (χ2v) is 9.48. The first-order chi connectivity index (χ1) is 15.4. The zero-order valence-electron chi connectivity index (χ0n) is 18.5. The van der Waals surface area contributed by atoms with E-state index >= 15 is 0 Å². The zero-order chi connectivity index (χ0) is 22.6. The SMILES string of the molecule is Cc1c(Cl)cccc1N1CC(C)CN2C3C(=O)N(Cc4ccccc4)C(=O)N(C)C3NC12. The number of nitrogens with zero attached hydrogens (tertiary/aromatic N) is 4. The maximum atomic E-state index is 13.7. The van der Waals surface area contributed by atoms with Gasteiger partial charge in [-0.05, 0) is 36.1 Å². The van der Waals surface area contributed by atoms with Crippen LogP contribution in [0.3, 0.4) is 0 Å². The summed E-state index contributed by atoms with van der Waals surface area (Å²) < 4.78 is 0. The number of benzene rings is 2. The topological polar surface area (TPSA) is 59.1 Å². The lowest BCUT2D eigenvalue weighted by Crippen LogP contribution is -2.66. The average Bonchev–Trinajstić information content (AvgIpc) is 3.17. The minimum Gasteiger partial charge on any atom is -0.343 e. The molecule has 0 aliphatic carbocycles. The maximum Gasteiger partial charge on any atom is 0.328 e. The molecule has 32 heavy (non-hydrogen) atoms. The fraction of sp³-hybridized carbons (Fsp3) is 0.417. The average molecular weight is 454 g/mol. The van der Waals surface area contributed by atoms with Crippen molar-refractivity contribution in [1.82, 2.24) is 20.0 Å². The van der Waals surface area contributed by atoms with E-state index in [0.29, 0.717) is 5.92 Å². The van der Waals surface area contributed by atoms with Crippen LogP contribution in [0.25, 0.3) is 0 Å². The van der Waals surface area contributed by atoms with Crippen molar-refractivity contribution in [3.8, 4) is 0 Å². The second kappa shape index (κ2) is 8.06. The Balaban J connectivity index is 1.48. The van der Waals surface area contributed by atoms with Gasteiger partial charge in [-0.25, -0.2) is 4.79 Å². The van der Waals surface area contributed by atoms with Gasteiger partial charge in [-0.2, -0.15) is 0 Å². The molecule has 4 unspecified atom stereocenters. The Bertz CT molecular complexity index is 1050. The Morgan fingerprint density at radius 3 is 2.56 bits per heavy atom. The molecule has 7 nitrogen and oxygen atoms in total. The minimum atomic E-state index is -0.434. The number of rotatable bonds is 3. The van der Waals surface area contributed by atoms with Crippen LogP contribution in [0.2, 0.25) is 5.02 Å². The van der Waals surface area contributed by atoms with Gasteiger partial charge in [0.25, 0.3) is 5.91 Å². The van der Waals surface area contributed by atoms with Crippen molar-refractivity contribution in [3.63, 3.8) is 0 Å². The number of fused-ring (bicyclic) bond motifs is 3. The molecule has 3 aliphatic heterocycles. The molecule has 3 amide bonds. The number of halogens is 1. The third-order valence-electron chi connectivity index (χ3n) is 6.82. The molecule has 2 aromatic rings. The van der Waals surface area contributed by atoms with Gasteiger partial charge in [0.15, 0.2) is 0 Å². The van der Waals surface area contributed by atoms with Gasteiger partial charge in [0.2, 0.25) is 0 Å². The molecule has 0 radical (unpaired) electrons. The molecule has 0 saturated carbocycles. The number of hydrogen-bond donors (Lipinski definition) is 1. The summed E-state index contributed by atoms with van der Waals surface area (Å²) in [6.07, 6.45) is -0.562. The van der Waals surface area contributed by atoms with Gasteiger partial charge in [0.05, 0.1) is 6.54 Å². The summed E-state index contributed by atoms with van der Waals surface area (Å²) in [6, 6.07) is 14.9. The number of anilines is 1. The zero-order valence-corrected chi connectivity index (χ0v) is 19.3. The first-order valence-corrected chi connectivity index (χ1v) is 11.4. The minimum absolute atomic E-state index is 0.145. The van der Waals surface area contributed by atoms with E-state index < -0.39 is 6.04 Å². The second-order valence-electron chi connectivity index (χ2n) is 9.07. The number of carbonyl (C=O) groups is 2. The normalized spacial score (nSPS) is 28.2. The first kappa shape index (κ1) is 21.2. The standard InChI is InChI=1S/C24H28ClN5O2/c1-15-12-28(19-11-7-10-18(25)16(19)2)23-26-21-20(29(23)13-15)22(31)30(24(32)27(21)3)14-17-8-5-4-6-9-17/h4-11,15,20-21,23,26H,12-14H2,1-3H3. The van der Waals surface area contributed by atoms with E-state index in [2.05, 4.69) is 28.1 Å². The number of likely N-dealkylation sites (N-methyl/N-ethyl adjacent to an activating group) is 1. The van der Waals surface area contributed by atoms with Crippen LogP contribution < -0.4 is 10.2 Å². The van der Waals surface area contributed by atoms with E-state index in [-0.39, 0.29) is 30.9 Å². The lowest BCUT2D eigenvalue weighted by molar-refractivity contribution is -0.139. The Hall–Kier alpha value is -2.61. The molecule has 3 aliphatic rings. The fourth-order valence-corrected chi connectivity index (χ4v) is 5.39. The van der Waals surface area contributed by atoms with Crippen LogP contribution in [0.15, 0.2) is 48.5 Å². The molecule has 3 saturated heterocycles. The molecular weight excluding hydrogens is 426 g/mol. The molecule has 2 aromatic carbocycles. The smallest absolute Gasteiger partial charge is 0.328 e. The van der Waals surface area contributed by atoms with Crippen molar-refractivity contribution in [2.24, 2.45) is 5.92 Å². The van der Waals surface area contributed by atoms with Crippen molar-refractivity contribution < 1.29 is 9.59 Å². The summed E-state index contributed by atoms with van der Waals surface area (Å²) in [4.78, 5) is 34.3. The van der Waals surface area contributed by atoms with Gasteiger partial charge in [-0.3, -0.25) is 19.9 Å². The molecule has 4 atom stereocenters. The predicted molar refractivity (Wildman–Crippen MR) is 124 cm³/mol. The molecule has 5 rings (SSSR count). The van der Waals surface area contributed by atoms with Crippen LogP contribution in [0, 0.1) is 12.8 Å². The summed E-state index contributed by atoms with van der Waals surface area (Å²) in [6.45, 7) is 6.11. The Morgan fingerprint density at radius 1 is 1.06 bits per heavy atom. The number of imide groups is 1. The van der Waals surface area contributed by atoms with Gasteiger partial charge in [-0.15, -0.1) is 0 Å². The number of nitrogens with one attached hydrogen (secondary N) is 1. The van der Waals surface area contributed by atoms with Gasteiger partial charge in [0.1, 0.15) is 18.5 Å². The largest absolute Gasteiger partial charge is 0.343 e. The van der Waals surface area contributed by atoms with Crippen LogP contribution in [0.1, 0.15) is 18.1 Å². The molecule has 3 heterocycles. The van der Waals surface area contributed by atoms with Crippen LogP contribution in [0.4, 0.5) is 10.5 Å². The van der Waals surface area contributed by atoms with E-state index in [1.807, 2.05) is 49.4 Å². The van der Waals surface area contributed by atoms with E-state index in [9.17, 15) is 9.59 Å². The lowest BCUT2D eigenvalue weighted by atomic mass is 10.0. The molecule has 0 spiro atoms. The van der Waals surface area contributed by atoms with Gasteiger partial charge in [0, 0.05) is 30.8 Å². The fourth-order valence-electron chi connectivity index (χ4n) is 5.22. The van der Waals surface area contributed by atoms with Gasteiger partial charge in [-0.1, -0.05) is 54.9 Å². The Kier molecular flexibility index (Phi) is 5.35. The van der Waals surface area contributed by atoms with E-state index in [0.717, 1.165) is 34.9 Å². The summed E-state index contributed by atoms with van der Waals surface area (Å²) >= 11 is 6.42. The van der Waals surface area contributed by atoms with E-state index in [4.69, 9.17) is 11.6 Å². The quantitative estimate of drug-likeness (QED) is 0.774. The lowest BCUT2D eigenvalue weighted by Gasteiger charge is -2.46. The molecular formula is C24H28ClN5O2. The van der Waals surface area contributed by atoms with Gasteiger partial charge < -0.3 is 9.80 Å². The molecule has 0 bridgehead atoms. The monoisotopic (exact) mass is 453 g/mol. The molecule has 1 N–H and O–H groups in total. The van der Waals surface area contributed by atoms with Crippen molar-refractivity contribution in [3.05, 3.63) is 64.7 Å². The summed E-state index contributed by atoms with van der Waals surface area (Å²) in [5, 5.41) is 4.29. The predicted octanol–water partition coefficient (Wildman–Crippen LogP) is 3.08. The summed E-state index contributed by atoms with van der Waals surface area (Å²) in [5.74, 6) is 0.206. The number of hydrogen-bond acceptors (Lipinski definition) is 5. The van der Waals surface area contributed by atoms with Crippen molar-refractivity contribution >= 4 is 29.2 Å². The highest BCUT2D eigenvalue weighted by Crippen LogP contribution is 2.37. The summed E-state index contributed by atoms with van der Waals surface area (Å²) in [5.41, 5.74) is 3.00. The van der Waals surface area contributed by atoms with E-state index in [1.165, 1.54) is 4.90 Å². The number of amides is 3. The van der Waals surface area contributed by atoms with Crippen molar-refractivity contribution in [2.75, 3.05) is 25.0 Å². The van der Waals surface area contributed by atoms with Crippen LogP contribution in [-0.4, -0.2) is 65.3 Å². The third-order valence-corrected chi connectivity index (χ3v) is 7.23. The highest BCUT2D eigenvalue weighted by Gasteiger charge is 2.56. The number of urea groups is 1. The Labute approximate surface area is 193 Å². The molecule has 0 aromatic heterocycles. The highest BCUT2D eigenvalue weighted by molar-refractivity contribution is 6.31. The van der Waals surface area contributed by atoms with Crippen LogP contribution >= 0.6 is 11.6 Å². The van der Waals surface area contributed by atoms with E-state index in [1.54, 1.807) is 11.9 Å². The van der Waals surface area contributed by atoms with Crippen molar-refractivity contribution in [2.45, 2.75) is 38.9 Å². The van der Waals surface area contributed by atoms with Crippen molar-refractivity contribution in [1.29, 1.82) is 0 Å². The maximum absolute atomic E-state index is 13.7. The molecule has 168 valence electrons. The van der Waals surface area contributed by atoms with Crippen LogP contribution in [0.5, 0.6) is 0 Å². The Morgan fingerprint density at radius 2 is 1.81 bits per heavy atom. The summed E-state index contributed by atoms with van der Waals surface area (Å²) in [7, 11) is 1.77. The first-order valence-electron chi connectivity index (χ1n) is 11.0. The van der Waals surface area contributed by atoms with Crippen LogP contribution in [-0.2, 0) is 11.3 Å². The number of carbonyl (C=O) groups excluding carboxylic acids is 2. The molecule has 8 heteroatoms.